The Kier molecular flexibility index (Phi) is 20.1. The van der Waals surface area contributed by atoms with Crippen molar-refractivity contribution < 1.29 is 23.0 Å². The summed E-state index contributed by atoms with van der Waals surface area (Å²) in [6.07, 6.45) is 12.6. The van der Waals surface area contributed by atoms with E-state index in [1.165, 1.54) is 36.9 Å². The first kappa shape index (κ1) is 45.5. The van der Waals surface area contributed by atoms with E-state index < -0.39 is 5.92 Å². The Morgan fingerprint density at radius 2 is 1.50 bits per heavy atom. The first-order valence-electron chi connectivity index (χ1n) is 19.2. The number of hydrogen-bond acceptors (Lipinski definition) is 7. The molecule has 0 amide bonds. The molecule has 0 aliphatic heterocycles. The van der Waals surface area contributed by atoms with Crippen molar-refractivity contribution in [3.8, 4) is 28.9 Å². The summed E-state index contributed by atoms with van der Waals surface area (Å²) in [5.74, 6) is 0.381. The average molecular weight is 745 g/mol. The van der Waals surface area contributed by atoms with Crippen molar-refractivity contribution >= 4 is 5.57 Å². The third kappa shape index (κ3) is 15.4. The Balaban J connectivity index is 0.000000572. The van der Waals surface area contributed by atoms with Gasteiger partial charge in [0.1, 0.15) is 25.1 Å². The zero-order valence-corrected chi connectivity index (χ0v) is 34.4. The van der Waals surface area contributed by atoms with Gasteiger partial charge in [-0.1, -0.05) is 121 Å². The third-order valence-corrected chi connectivity index (χ3v) is 8.65. The lowest BCUT2D eigenvalue weighted by atomic mass is 10.0. The minimum atomic E-state index is -2.63. The van der Waals surface area contributed by atoms with Crippen LogP contribution in [-0.4, -0.2) is 33.0 Å². The highest BCUT2D eigenvalue weighted by atomic mass is 19.3. The summed E-state index contributed by atoms with van der Waals surface area (Å²) in [7, 11) is 1.60. The largest absolute Gasteiger partial charge is 0.482 e. The number of nitrogens with zero attached hydrogens (tertiary/aromatic N) is 4. The van der Waals surface area contributed by atoms with E-state index in [4.69, 9.17) is 19.2 Å². The molecule has 0 N–H and O–H groups in total. The highest BCUT2D eigenvalue weighted by molar-refractivity contribution is 5.67. The van der Waals surface area contributed by atoms with Gasteiger partial charge in [-0.2, -0.15) is 4.98 Å². The number of benzene rings is 2. The second kappa shape index (κ2) is 23.9. The summed E-state index contributed by atoms with van der Waals surface area (Å²) in [6, 6.07) is 18.4. The summed E-state index contributed by atoms with van der Waals surface area (Å²) in [5.41, 5.74) is 6.32. The second-order valence-corrected chi connectivity index (χ2v) is 13.4. The van der Waals surface area contributed by atoms with Crippen LogP contribution in [0.3, 0.4) is 0 Å². The first-order valence-corrected chi connectivity index (χ1v) is 19.2. The minimum absolute atomic E-state index is 0.123. The van der Waals surface area contributed by atoms with E-state index in [1.54, 1.807) is 20.2 Å². The van der Waals surface area contributed by atoms with Crippen LogP contribution in [0.2, 0.25) is 0 Å². The van der Waals surface area contributed by atoms with Crippen molar-refractivity contribution in [3.05, 3.63) is 107 Å². The van der Waals surface area contributed by atoms with Gasteiger partial charge in [0, 0.05) is 12.8 Å². The Hall–Kier alpha value is -4.66. The molecule has 1 saturated carbocycles. The second-order valence-electron chi connectivity index (χ2n) is 13.4. The van der Waals surface area contributed by atoms with Crippen LogP contribution in [-0.2, 0) is 13.2 Å². The minimum Gasteiger partial charge on any atom is -0.482 e. The van der Waals surface area contributed by atoms with Crippen LogP contribution in [0.15, 0.2) is 84.8 Å². The Morgan fingerprint density at radius 1 is 0.889 bits per heavy atom. The van der Waals surface area contributed by atoms with Gasteiger partial charge in [0.15, 0.2) is 11.6 Å². The zero-order valence-electron chi connectivity index (χ0n) is 34.4. The molecule has 5 rings (SSSR count). The monoisotopic (exact) mass is 744 g/mol. The fraction of sp³-hybridized carbons (Fsp3) is 0.467. The molecule has 0 radical (unpaired) electrons. The number of unbranched alkanes of at least 4 members (excludes halogenated alkanes) is 1. The standard InChI is InChI=1S/C32H34N4O3.C6H10F2.C5H12.C2H6/c1-4-5-9-22(2)25-14-12-24(13-15-25)20-39-31-27(38-19-23-10-7-6-8-11-23)18-33-30(36-31)28-29(26-16-17-26)34-21-35-32(28)37-3;1-4-5(2)6(3,7)8;1-4-5(2)3;1-2/h6-15,18,21,26H,4-5,16-17,19-20H2,1-3H3;4H,1-3H3;5H,4H2,1-3H3;1-2H3/b;5-4+;;. The number of halogens is 2. The van der Waals surface area contributed by atoms with Gasteiger partial charge in [0.2, 0.25) is 5.88 Å². The van der Waals surface area contributed by atoms with Crippen molar-refractivity contribution in [3.63, 3.8) is 0 Å². The van der Waals surface area contributed by atoms with E-state index in [0.717, 1.165) is 55.3 Å². The van der Waals surface area contributed by atoms with Gasteiger partial charge in [0.05, 0.1) is 19.0 Å². The molecular weight excluding hydrogens is 683 g/mol. The molecule has 7 nitrogen and oxygen atoms in total. The SMILES string of the molecule is C/C=C(\C)C(C)(F)F.CC.CCC(C)C.CCCC=C(C)c1ccc(COc2nc(-c3c(OC)ncnc3C3CC3)ncc2OCc2ccccc2)cc1. The molecule has 0 saturated heterocycles. The fourth-order valence-corrected chi connectivity index (χ4v) is 4.57. The van der Waals surface area contributed by atoms with E-state index in [2.05, 4.69) is 79.9 Å². The molecule has 2 aromatic heterocycles. The lowest BCUT2D eigenvalue weighted by Gasteiger charge is -2.15. The molecule has 1 aliphatic rings. The molecule has 9 heteroatoms. The molecule has 54 heavy (non-hydrogen) atoms. The van der Waals surface area contributed by atoms with Crippen molar-refractivity contribution in [1.82, 2.24) is 19.9 Å². The maximum Gasteiger partial charge on any atom is 0.266 e. The number of hydrogen-bond donors (Lipinski definition) is 0. The molecule has 1 aliphatic carbocycles. The van der Waals surface area contributed by atoms with Crippen LogP contribution in [0, 0.1) is 5.92 Å². The number of aromatic nitrogens is 4. The van der Waals surface area contributed by atoms with Crippen LogP contribution >= 0.6 is 0 Å². The molecule has 0 unspecified atom stereocenters. The van der Waals surface area contributed by atoms with Crippen LogP contribution in [0.1, 0.15) is 130 Å². The zero-order chi connectivity index (χ0) is 40.1. The van der Waals surface area contributed by atoms with Gasteiger partial charge in [-0.25, -0.2) is 23.7 Å². The van der Waals surface area contributed by atoms with Gasteiger partial charge in [-0.15, -0.1) is 0 Å². The number of rotatable bonds is 14. The molecule has 294 valence electrons. The van der Waals surface area contributed by atoms with Crippen molar-refractivity contribution in [2.24, 2.45) is 5.92 Å². The van der Waals surface area contributed by atoms with Crippen molar-refractivity contribution in [1.29, 1.82) is 0 Å². The lowest BCUT2D eigenvalue weighted by molar-refractivity contribution is 0.0633. The topological polar surface area (TPSA) is 79.3 Å². The van der Waals surface area contributed by atoms with E-state index >= 15 is 0 Å². The maximum absolute atomic E-state index is 12.0. The molecule has 4 aromatic rings. The average Bonchev–Trinajstić information content (AvgIpc) is 4.05. The van der Waals surface area contributed by atoms with E-state index in [1.807, 2.05) is 44.2 Å². The molecule has 0 spiro atoms. The number of ether oxygens (including phenoxy) is 3. The Morgan fingerprint density at radius 3 is 2.02 bits per heavy atom. The van der Waals surface area contributed by atoms with Crippen LogP contribution in [0.5, 0.6) is 17.5 Å². The fourth-order valence-electron chi connectivity index (χ4n) is 4.57. The summed E-state index contributed by atoms with van der Waals surface area (Å²) in [6.45, 7) is 19.6. The highest BCUT2D eigenvalue weighted by Gasteiger charge is 2.32. The van der Waals surface area contributed by atoms with Crippen molar-refractivity contribution in [2.45, 2.75) is 126 Å². The summed E-state index contributed by atoms with van der Waals surface area (Å²) in [5, 5.41) is 0. The molecule has 2 aromatic carbocycles. The third-order valence-electron chi connectivity index (χ3n) is 8.65. The first-order chi connectivity index (χ1) is 25.9. The van der Waals surface area contributed by atoms with Crippen molar-refractivity contribution in [2.75, 3.05) is 7.11 Å². The van der Waals surface area contributed by atoms with E-state index in [0.29, 0.717) is 48.0 Å². The smallest absolute Gasteiger partial charge is 0.266 e. The lowest BCUT2D eigenvalue weighted by Crippen LogP contribution is -2.10. The number of alkyl halides is 2. The Labute approximate surface area is 323 Å². The van der Waals surface area contributed by atoms with Gasteiger partial charge >= 0.3 is 0 Å². The van der Waals surface area contributed by atoms with Gasteiger partial charge in [0.25, 0.3) is 11.8 Å². The number of methoxy groups -OCH3 is 1. The molecule has 1 fully saturated rings. The van der Waals surface area contributed by atoms with Crippen LogP contribution in [0.4, 0.5) is 8.78 Å². The quantitative estimate of drug-likeness (QED) is 0.119. The van der Waals surface area contributed by atoms with Crippen LogP contribution in [0.25, 0.3) is 17.0 Å². The van der Waals surface area contributed by atoms with E-state index in [9.17, 15) is 8.78 Å². The maximum atomic E-state index is 12.0. The normalized spacial score (nSPS) is 12.7. The van der Waals surface area contributed by atoms with Gasteiger partial charge < -0.3 is 14.2 Å². The molecular formula is C45H62F2N4O3. The van der Waals surface area contributed by atoms with Crippen LogP contribution < -0.4 is 14.2 Å². The highest BCUT2D eigenvalue weighted by Crippen LogP contribution is 2.45. The number of allylic oxidation sites excluding steroid dienone is 4. The van der Waals surface area contributed by atoms with Gasteiger partial charge in [-0.05, 0) is 73.8 Å². The van der Waals surface area contributed by atoms with E-state index in [-0.39, 0.29) is 5.57 Å². The molecule has 0 atom stereocenters. The summed E-state index contributed by atoms with van der Waals surface area (Å²) >= 11 is 0. The molecule has 2 heterocycles. The van der Waals surface area contributed by atoms with Gasteiger partial charge in [-0.3, -0.25) is 0 Å². The predicted molar refractivity (Wildman–Crippen MR) is 218 cm³/mol. The summed E-state index contributed by atoms with van der Waals surface area (Å²) in [4.78, 5) is 18.3. The molecule has 0 bridgehead atoms. The summed E-state index contributed by atoms with van der Waals surface area (Å²) < 4.78 is 42.0. The predicted octanol–water partition coefficient (Wildman–Crippen LogP) is 12.9. The Bertz CT molecular complexity index is 1720.